The molecule has 8 nitrogen and oxygen atoms in total. The largest absolute Gasteiger partial charge is 0.444 e. The van der Waals surface area contributed by atoms with Gasteiger partial charge in [0.2, 0.25) is 10.0 Å². The normalized spacial score (nSPS) is 15.3. The van der Waals surface area contributed by atoms with Gasteiger partial charge in [0.25, 0.3) is 5.91 Å². The first-order valence-electron chi connectivity index (χ1n) is 9.07. The highest BCUT2D eigenvalue weighted by Gasteiger charge is 2.36. The van der Waals surface area contributed by atoms with Gasteiger partial charge in [0.1, 0.15) is 5.60 Å². The Labute approximate surface area is 167 Å². The van der Waals surface area contributed by atoms with Gasteiger partial charge >= 0.3 is 6.09 Å². The van der Waals surface area contributed by atoms with Crippen LogP contribution in [0.2, 0.25) is 0 Å². The molecule has 1 aromatic rings. The second-order valence-electron chi connectivity index (χ2n) is 8.26. The molecule has 0 radical (unpaired) electrons. The van der Waals surface area contributed by atoms with Crippen LogP contribution in [-0.2, 0) is 14.8 Å². The minimum Gasteiger partial charge on any atom is -0.444 e. The lowest BCUT2D eigenvalue weighted by atomic mass is 10.0. The van der Waals surface area contributed by atoms with Gasteiger partial charge in [-0.05, 0) is 45.0 Å². The van der Waals surface area contributed by atoms with Crippen molar-refractivity contribution in [1.29, 1.82) is 0 Å². The lowest BCUT2D eigenvalue weighted by molar-refractivity contribution is -0.00259. The van der Waals surface area contributed by atoms with E-state index in [0.717, 1.165) is 0 Å². The Hall–Kier alpha value is -2.13. The fraction of sp³-hybridized carbons (Fsp3) is 0.579. The second kappa shape index (κ2) is 8.08. The maximum atomic E-state index is 12.8. The Balaban J connectivity index is 1.94. The summed E-state index contributed by atoms with van der Waals surface area (Å²) in [6.45, 7) is 6.65. The van der Waals surface area contributed by atoms with E-state index in [2.05, 4.69) is 0 Å². The highest BCUT2D eigenvalue weighted by atomic mass is 32.2. The van der Waals surface area contributed by atoms with E-state index in [1.54, 1.807) is 39.8 Å². The molecule has 0 unspecified atom stereocenters. The monoisotopic (exact) mass is 411 g/mol. The van der Waals surface area contributed by atoms with Crippen LogP contribution in [0.5, 0.6) is 0 Å². The lowest BCUT2D eigenvalue weighted by Gasteiger charge is -2.41. The second-order valence-corrected chi connectivity index (χ2v) is 10.3. The average Bonchev–Trinajstić information content (AvgIpc) is 2.54. The zero-order valence-corrected chi connectivity index (χ0v) is 18.1. The molecule has 156 valence electrons. The van der Waals surface area contributed by atoms with Gasteiger partial charge < -0.3 is 14.5 Å². The number of hydrogen-bond acceptors (Lipinski definition) is 5. The molecule has 1 aromatic carbocycles. The van der Waals surface area contributed by atoms with E-state index >= 15 is 0 Å². The summed E-state index contributed by atoms with van der Waals surface area (Å²) in [7, 11) is 1.13. The molecular weight excluding hydrogens is 382 g/mol. The van der Waals surface area contributed by atoms with Crippen molar-refractivity contribution in [2.45, 2.75) is 31.3 Å². The smallest absolute Gasteiger partial charge is 0.410 e. The number of benzene rings is 1. The molecule has 1 aliphatic heterocycles. The third-order valence-corrected chi connectivity index (χ3v) is 6.18. The number of nitrogens with zero attached hydrogens (tertiary/aromatic N) is 3. The van der Waals surface area contributed by atoms with Gasteiger partial charge in [-0.25, -0.2) is 17.5 Å². The molecule has 0 saturated carbocycles. The van der Waals surface area contributed by atoms with Crippen LogP contribution in [0.3, 0.4) is 0 Å². The molecule has 0 bridgehead atoms. The highest BCUT2D eigenvalue weighted by Crippen LogP contribution is 2.23. The van der Waals surface area contributed by atoms with Crippen LogP contribution < -0.4 is 0 Å². The first-order valence-corrected chi connectivity index (χ1v) is 10.5. The third-order valence-electron chi connectivity index (χ3n) is 4.34. The summed E-state index contributed by atoms with van der Waals surface area (Å²) < 4.78 is 32.1. The van der Waals surface area contributed by atoms with Gasteiger partial charge in [-0.2, -0.15) is 0 Å². The predicted molar refractivity (Wildman–Crippen MR) is 106 cm³/mol. The fourth-order valence-corrected chi connectivity index (χ4v) is 4.08. The summed E-state index contributed by atoms with van der Waals surface area (Å²) in [5.74, 6) is -0.129. The van der Waals surface area contributed by atoms with Gasteiger partial charge in [-0.3, -0.25) is 4.79 Å². The molecule has 0 N–H and O–H groups in total. The number of amides is 2. The SMILES string of the molecule is CN(C)C(=O)c1ccc(S(=O)(=O)N(C)CC2CN(C(=O)OC(C)(C)C)C2)cc1. The molecule has 1 heterocycles. The quantitative estimate of drug-likeness (QED) is 0.738. The van der Waals surface area contributed by atoms with Crippen molar-refractivity contribution in [1.82, 2.24) is 14.1 Å². The topological polar surface area (TPSA) is 87.2 Å². The van der Waals surface area contributed by atoms with Crippen molar-refractivity contribution in [3.8, 4) is 0 Å². The summed E-state index contributed by atoms with van der Waals surface area (Å²) in [5.41, 5.74) is -0.124. The zero-order valence-electron chi connectivity index (χ0n) is 17.3. The number of carbonyl (C=O) groups excluding carboxylic acids is 2. The molecule has 1 saturated heterocycles. The number of hydrogen-bond donors (Lipinski definition) is 0. The van der Waals surface area contributed by atoms with Crippen molar-refractivity contribution >= 4 is 22.0 Å². The Bertz CT molecular complexity index is 822. The molecule has 0 aromatic heterocycles. The fourth-order valence-electron chi connectivity index (χ4n) is 2.83. The molecule has 2 rings (SSSR count). The van der Waals surface area contributed by atoms with Crippen LogP contribution >= 0.6 is 0 Å². The Kier molecular flexibility index (Phi) is 6.40. The summed E-state index contributed by atoms with van der Waals surface area (Å²) in [6, 6.07) is 5.90. The minimum absolute atomic E-state index is 0.0573. The number of likely N-dealkylation sites (tertiary alicyclic amines) is 1. The van der Waals surface area contributed by atoms with Crippen LogP contribution in [0.15, 0.2) is 29.2 Å². The summed E-state index contributed by atoms with van der Waals surface area (Å²) in [6.07, 6.45) is -0.379. The van der Waals surface area contributed by atoms with E-state index in [1.165, 1.54) is 40.5 Å². The first-order chi connectivity index (χ1) is 12.8. The van der Waals surface area contributed by atoms with Crippen molar-refractivity contribution < 1.29 is 22.7 Å². The maximum Gasteiger partial charge on any atom is 0.410 e. The van der Waals surface area contributed by atoms with E-state index in [-0.39, 0.29) is 22.8 Å². The Morgan fingerprint density at radius 2 is 1.64 bits per heavy atom. The van der Waals surface area contributed by atoms with E-state index in [1.807, 2.05) is 0 Å². The van der Waals surface area contributed by atoms with Gasteiger partial charge in [-0.15, -0.1) is 0 Å². The standard InChI is InChI=1S/C19H29N3O5S/c1-19(2,3)27-18(24)22-12-14(13-22)11-21(6)28(25,26)16-9-7-15(8-10-16)17(23)20(4)5/h7-10,14H,11-13H2,1-6H3. The van der Waals surface area contributed by atoms with Crippen LogP contribution in [0.1, 0.15) is 31.1 Å². The Morgan fingerprint density at radius 1 is 1.11 bits per heavy atom. The van der Waals surface area contributed by atoms with Gasteiger partial charge in [0, 0.05) is 52.3 Å². The molecule has 0 aliphatic carbocycles. The molecule has 1 fully saturated rings. The van der Waals surface area contributed by atoms with E-state index < -0.39 is 15.6 Å². The van der Waals surface area contributed by atoms with Gasteiger partial charge in [-0.1, -0.05) is 0 Å². The minimum atomic E-state index is -3.67. The molecule has 0 atom stereocenters. The summed E-state index contributed by atoms with van der Waals surface area (Å²) in [4.78, 5) is 27.0. The molecule has 2 amide bonds. The van der Waals surface area contributed by atoms with Gasteiger partial charge in [0.05, 0.1) is 4.90 Å². The Morgan fingerprint density at radius 3 is 2.11 bits per heavy atom. The van der Waals surface area contributed by atoms with E-state index in [9.17, 15) is 18.0 Å². The molecule has 28 heavy (non-hydrogen) atoms. The summed E-state index contributed by atoms with van der Waals surface area (Å²) in [5, 5.41) is 0. The number of carbonyl (C=O) groups is 2. The molecule has 9 heteroatoms. The van der Waals surface area contributed by atoms with Crippen molar-refractivity contribution in [3.63, 3.8) is 0 Å². The van der Waals surface area contributed by atoms with Crippen LogP contribution in [0, 0.1) is 5.92 Å². The molecule has 0 spiro atoms. The zero-order chi connectivity index (χ0) is 21.3. The third kappa shape index (κ3) is 5.23. The number of rotatable bonds is 5. The van der Waals surface area contributed by atoms with Crippen LogP contribution in [-0.4, -0.2) is 80.9 Å². The lowest BCUT2D eigenvalue weighted by Crippen LogP contribution is -2.55. The van der Waals surface area contributed by atoms with Gasteiger partial charge in [0.15, 0.2) is 0 Å². The van der Waals surface area contributed by atoms with E-state index in [4.69, 9.17) is 4.74 Å². The average molecular weight is 412 g/mol. The van der Waals surface area contributed by atoms with Crippen molar-refractivity contribution in [2.24, 2.45) is 5.92 Å². The van der Waals surface area contributed by atoms with E-state index in [0.29, 0.717) is 25.2 Å². The van der Waals surface area contributed by atoms with Crippen molar-refractivity contribution in [2.75, 3.05) is 40.8 Å². The maximum absolute atomic E-state index is 12.8. The number of ether oxygens (including phenoxy) is 1. The highest BCUT2D eigenvalue weighted by molar-refractivity contribution is 7.89. The predicted octanol–water partition coefficient (Wildman–Crippen LogP) is 1.88. The molecule has 1 aliphatic rings. The molecular formula is C19H29N3O5S. The van der Waals surface area contributed by atoms with Crippen molar-refractivity contribution in [3.05, 3.63) is 29.8 Å². The first kappa shape index (κ1) is 22.2. The van der Waals surface area contributed by atoms with Crippen LogP contribution in [0.4, 0.5) is 4.79 Å². The summed E-state index contributed by atoms with van der Waals surface area (Å²) >= 11 is 0. The number of sulfonamides is 1. The van der Waals surface area contributed by atoms with Crippen LogP contribution in [0.25, 0.3) is 0 Å².